The fourth-order valence-corrected chi connectivity index (χ4v) is 4.90. The summed E-state index contributed by atoms with van der Waals surface area (Å²) in [6.07, 6.45) is 6.09. The molecular weight excluding hydrogens is 338 g/mol. The number of aryl methyl sites for hydroxylation is 2. The molecule has 0 fully saturated rings. The maximum atomic E-state index is 12.3. The maximum Gasteiger partial charge on any atom is 0.332 e. The van der Waals surface area contributed by atoms with Crippen molar-refractivity contribution in [3.05, 3.63) is 40.5 Å². The molecule has 136 valence electrons. The second-order valence-electron chi connectivity index (χ2n) is 6.83. The number of sulfonamides is 1. The molecule has 1 aromatic carbocycles. The van der Waals surface area contributed by atoms with Crippen LogP contribution in [0.3, 0.4) is 0 Å². The first-order chi connectivity index (χ1) is 11.9. The van der Waals surface area contributed by atoms with Gasteiger partial charge in [0.2, 0.25) is 10.0 Å². The number of carbonyl (C=O) groups is 1. The minimum absolute atomic E-state index is 0.272. The van der Waals surface area contributed by atoms with Gasteiger partial charge < -0.3 is 10.6 Å². The second-order valence-corrected chi connectivity index (χ2v) is 8.55. The number of urea groups is 1. The number of anilines is 1. The summed E-state index contributed by atoms with van der Waals surface area (Å²) in [7, 11) is -2.04. The number of hydrogen-bond donors (Lipinski definition) is 3. The van der Waals surface area contributed by atoms with Gasteiger partial charge in [0.25, 0.3) is 0 Å². The Balaban J connectivity index is 1.75. The van der Waals surface area contributed by atoms with E-state index in [0.29, 0.717) is 12.1 Å². The summed E-state index contributed by atoms with van der Waals surface area (Å²) < 4.78 is 26.4. The molecule has 3 N–H and O–H groups in total. The fraction of sp³-hybridized carbons (Fsp3) is 0.500. The first kappa shape index (κ1) is 17.9. The van der Waals surface area contributed by atoms with Crippen LogP contribution in [0.5, 0.6) is 0 Å². The van der Waals surface area contributed by atoms with Crippen molar-refractivity contribution in [1.82, 2.24) is 10.0 Å². The largest absolute Gasteiger partial charge is 0.332 e. The molecule has 0 aliphatic heterocycles. The molecule has 0 aromatic heterocycles. The predicted octanol–water partition coefficient (Wildman–Crippen LogP) is 1.89. The molecule has 2 aliphatic carbocycles. The Morgan fingerprint density at radius 1 is 1.12 bits per heavy atom. The predicted molar refractivity (Wildman–Crippen MR) is 99.5 cm³/mol. The molecule has 0 atom stereocenters. The average molecular weight is 363 g/mol. The van der Waals surface area contributed by atoms with Crippen molar-refractivity contribution in [2.75, 3.05) is 24.7 Å². The van der Waals surface area contributed by atoms with Gasteiger partial charge in [-0.15, -0.1) is 0 Å². The van der Waals surface area contributed by atoms with Crippen LogP contribution < -0.4 is 15.4 Å². The molecule has 0 heterocycles. The Kier molecular flexibility index (Phi) is 5.15. The number of carbonyl (C=O) groups excluding carboxylic acids is 1. The quantitative estimate of drug-likeness (QED) is 0.674. The summed E-state index contributed by atoms with van der Waals surface area (Å²) in [4.78, 5) is 12.3. The van der Waals surface area contributed by atoms with Gasteiger partial charge in [-0.3, -0.25) is 0 Å². The number of amides is 2. The first-order valence-corrected chi connectivity index (χ1v) is 10.3. The Labute approximate surface area is 149 Å². The van der Waals surface area contributed by atoms with E-state index in [1.54, 1.807) is 7.05 Å². The van der Waals surface area contributed by atoms with Crippen LogP contribution in [0, 0.1) is 0 Å². The van der Waals surface area contributed by atoms with E-state index >= 15 is 0 Å². The van der Waals surface area contributed by atoms with Crippen LogP contribution in [0.1, 0.15) is 35.1 Å². The van der Waals surface area contributed by atoms with Gasteiger partial charge in [0, 0.05) is 12.2 Å². The highest BCUT2D eigenvalue weighted by atomic mass is 32.2. The average Bonchev–Trinajstić information content (AvgIpc) is 3.14. The van der Waals surface area contributed by atoms with Crippen molar-refractivity contribution in [1.29, 1.82) is 0 Å². The van der Waals surface area contributed by atoms with E-state index in [1.165, 1.54) is 22.3 Å². The third-order valence-electron chi connectivity index (χ3n) is 4.78. The summed E-state index contributed by atoms with van der Waals surface area (Å²) in [6, 6.07) is 1.58. The molecule has 25 heavy (non-hydrogen) atoms. The fourth-order valence-electron chi connectivity index (χ4n) is 3.85. The molecule has 3 rings (SSSR count). The normalized spacial score (nSPS) is 15.6. The molecule has 6 nitrogen and oxygen atoms in total. The van der Waals surface area contributed by atoms with Gasteiger partial charge in [0.15, 0.2) is 0 Å². The van der Waals surface area contributed by atoms with Gasteiger partial charge in [-0.1, -0.05) is 12.6 Å². The number of hydrogen-bond acceptors (Lipinski definition) is 4. The highest BCUT2D eigenvalue weighted by Crippen LogP contribution is 2.38. The summed E-state index contributed by atoms with van der Waals surface area (Å²) in [5, 5.41) is 5.68. The van der Waals surface area contributed by atoms with Gasteiger partial charge in [-0.2, -0.15) is 0 Å². The van der Waals surface area contributed by atoms with Crippen molar-refractivity contribution in [3.8, 4) is 0 Å². The molecule has 0 spiro atoms. The Morgan fingerprint density at radius 3 is 2.28 bits per heavy atom. The maximum absolute atomic E-state index is 12.3. The molecule has 2 amide bonds. The van der Waals surface area contributed by atoms with Crippen molar-refractivity contribution in [2.24, 2.45) is 0 Å². The lowest BCUT2D eigenvalue weighted by molar-refractivity contribution is 0.256. The molecule has 0 bridgehead atoms. The topological polar surface area (TPSA) is 87.3 Å². The number of fused-ring (bicyclic) bond motifs is 2. The minimum atomic E-state index is -3.75. The summed E-state index contributed by atoms with van der Waals surface area (Å²) in [6.45, 7) is 4.09. The number of nitrogens with one attached hydrogen (secondary N) is 3. The van der Waals surface area contributed by atoms with Crippen LogP contribution in [-0.4, -0.2) is 33.8 Å². The highest BCUT2D eigenvalue weighted by molar-refractivity contribution is 7.90. The van der Waals surface area contributed by atoms with Crippen molar-refractivity contribution < 1.29 is 13.2 Å². The zero-order chi connectivity index (χ0) is 18.0. The standard InChI is InChI=1S/C18H25N3O3S/c1-12(10-19-2)11-25(23,24)21-18(22)20-17-15-7-3-5-13(15)9-14-6-4-8-16(14)17/h9,19H,1,3-8,10-11H2,2H3,(H2,20,21,22). The van der Waals surface area contributed by atoms with Crippen LogP contribution in [0.15, 0.2) is 18.2 Å². The number of benzene rings is 1. The van der Waals surface area contributed by atoms with Gasteiger partial charge >= 0.3 is 6.03 Å². The highest BCUT2D eigenvalue weighted by Gasteiger charge is 2.26. The lowest BCUT2D eigenvalue weighted by Crippen LogP contribution is -2.37. The smallest absolute Gasteiger partial charge is 0.316 e. The third-order valence-corrected chi connectivity index (χ3v) is 6.07. The van der Waals surface area contributed by atoms with E-state index < -0.39 is 16.1 Å². The van der Waals surface area contributed by atoms with E-state index in [0.717, 1.165) is 44.2 Å². The summed E-state index contributed by atoms with van der Waals surface area (Å²) in [5.41, 5.74) is 6.27. The van der Waals surface area contributed by atoms with Gasteiger partial charge in [0.05, 0.1) is 5.75 Å². The molecule has 0 saturated heterocycles. The number of rotatable bonds is 6. The van der Waals surface area contributed by atoms with Crippen molar-refractivity contribution in [2.45, 2.75) is 38.5 Å². The van der Waals surface area contributed by atoms with E-state index in [1.807, 2.05) is 0 Å². The summed E-state index contributed by atoms with van der Waals surface area (Å²) >= 11 is 0. The number of likely N-dealkylation sites (N-methyl/N-ethyl adjacent to an activating group) is 1. The molecule has 0 saturated carbocycles. The van der Waals surface area contributed by atoms with Crippen LogP contribution in [0.2, 0.25) is 0 Å². The Hall–Kier alpha value is -1.86. The Morgan fingerprint density at radius 2 is 1.72 bits per heavy atom. The zero-order valence-corrected chi connectivity index (χ0v) is 15.4. The van der Waals surface area contributed by atoms with Crippen molar-refractivity contribution in [3.63, 3.8) is 0 Å². The lowest BCUT2D eigenvalue weighted by atomic mass is 9.99. The van der Waals surface area contributed by atoms with Crippen LogP contribution in [-0.2, 0) is 35.7 Å². The SMILES string of the molecule is C=C(CNC)CS(=O)(=O)NC(=O)Nc1c2c(cc3c1CCC3)CCC2. The van der Waals surface area contributed by atoms with Gasteiger partial charge in [-0.25, -0.2) is 17.9 Å². The van der Waals surface area contributed by atoms with Crippen molar-refractivity contribution >= 4 is 21.7 Å². The van der Waals surface area contributed by atoms with Crippen LogP contribution in [0.25, 0.3) is 0 Å². The van der Waals surface area contributed by atoms with Crippen LogP contribution >= 0.6 is 0 Å². The molecule has 0 radical (unpaired) electrons. The minimum Gasteiger partial charge on any atom is -0.316 e. The summed E-state index contributed by atoms with van der Waals surface area (Å²) in [5.74, 6) is -0.272. The van der Waals surface area contributed by atoms with E-state index in [9.17, 15) is 13.2 Å². The monoisotopic (exact) mass is 363 g/mol. The van der Waals surface area contributed by atoms with E-state index in [-0.39, 0.29) is 5.75 Å². The van der Waals surface area contributed by atoms with Gasteiger partial charge in [-0.05, 0) is 73.4 Å². The third kappa shape index (κ3) is 4.04. The molecule has 1 aromatic rings. The molecule has 2 aliphatic rings. The zero-order valence-electron chi connectivity index (χ0n) is 14.6. The Bertz CT molecular complexity index is 783. The lowest BCUT2D eigenvalue weighted by Gasteiger charge is -2.16. The molecular formula is C18H25N3O3S. The molecule has 0 unspecified atom stereocenters. The second kappa shape index (κ2) is 7.17. The van der Waals surface area contributed by atoms with Crippen LogP contribution in [0.4, 0.5) is 10.5 Å². The van der Waals surface area contributed by atoms with E-state index in [4.69, 9.17) is 0 Å². The van der Waals surface area contributed by atoms with E-state index in [2.05, 4.69) is 28.0 Å². The molecule has 7 heteroatoms. The van der Waals surface area contributed by atoms with Gasteiger partial charge in [0.1, 0.15) is 0 Å². The first-order valence-electron chi connectivity index (χ1n) is 8.69.